The summed E-state index contributed by atoms with van der Waals surface area (Å²) in [6.07, 6.45) is -0.386. The molecule has 0 bridgehead atoms. The van der Waals surface area contributed by atoms with E-state index in [-0.39, 0.29) is 12.1 Å². The minimum atomic E-state index is -0.386. The Morgan fingerprint density at radius 3 is 2.68 bits per heavy atom. The van der Waals surface area contributed by atoms with Crippen LogP contribution < -0.4 is 15.0 Å². The van der Waals surface area contributed by atoms with Crippen LogP contribution in [0.4, 0.5) is 11.4 Å². The zero-order chi connectivity index (χ0) is 17.4. The molecular formula is C19H17N3O2S. The van der Waals surface area contributed by atoms with Crippen LogP contribution in [0.25, 0.3) is 0 Å². The third-order valence-corrected chi connectivity index (χ3v) is 4.98. The number of carbonyl (C=O) groups is 1. The summed E-state index contributed by atoms with van der Waals surface area (Å²) in [5.41, 5.74) is 2.98. The van der Waals surface area contributed by atoms with Crippen LogP contribution in [-0.4, -0.2) is 18.0 Å². The van der Waals surface area contributed by atoms with Crippen LogP contribution in [0.15, 0.2) is 53.9 Å². The summed E-state index contributed by atoms with van der Waals surface area (Å²) >= 11 is 1.57. The van der Waals surface area contributed by atoms with E-state index < -0.39 is 0 Å². The number of anilines is 2. The average molecular weight is 351 g/mol. The second-order valence-corrected chi connectivity index (χ2v) is 6.79. The SMILES string of the molecule is COc1ccccc1N1C(=O)c2ccccc2NC1c1csc(C)n1. The molecule has 6 heteroatoms. The van der Waals surface area contributed by atoms with Crippen molar-refractivity contribution in [2.24, 2.45) is 0 Å². The van der Waals surface area contributed by atoms with Gasteiger partial charge in [-0.25, -0.2) is 4.98 Å². The van der Waals surface area contributed by atoms with Gasteiger partial charge in [0.15, 0.2) is 6.17 Å². The van der Waals surface area contributed by atoms with Crippen molar-refractivity contribution in [1.29, 1.82) is 0 Å². The number of nitrogens with one attached hydrogen (secondary N) is 1. The molecule has 1 aliphatic rings. The first-order valence-electron chi connectivity index (χ1n) is 7.93. The lowest BCUT2D eigenvalue weighted by Crippen LogP contribution is -2.43. The zero-order valence-corrected chi connectivity index (χ0v) is 14.7. The van der Waals surface area contributed by atoms with Gasteiger partial charge in [0.05, 0.1) is 29.1 Å². The Morgan fingerprint density at radius 2 is 1.92 bits per heavy atom. The van der Waals surface area contributed by atoms with Crippen molar-refractivity contribution in [3.8, 4) is 5.75 Å². The predicted molar refractivity (Wildman–Crippen MR) is 99.5 cm³/mol. The van der Waals surface area contributed by atoms with Gasteiger partial charge >= 0.3 is 0 Å². The van der Waals surface area contributed by atoms with Crippen LogP contribution in [0.5, 0.6) is 5.75 Å². The number of hydrogen-bond donors (Lipinski definition) is 1. The summed E-state index contributed by atoms with van der Waals surface area (Å²) in [6, 6.07) is 15.1. The molecule has 0 saturated heterocycles. The number of benzene rings is 2. The van der Waals surface area contributed by atoms with Gasteiger partial charge in [0, 0.05) is 11.1 Å². The Hall–Kier alpha value is -2.86. The van der Waals surface area contributed by atoms with Crippen LogP contribution in [0, 0.1) is 6.92 Å². The van der Waals surface area contributed by atoms with Crippen molar-refractivity contribution in [2.75, 3.05) is 17.3 Å². The maximum absolute atomic E-state index is 13.3. The highest BCUT2D eigenvalue weighted by atomic mass is 32.1. The largest absolute Gasteiger partial charge is 0.495 e. The lowest BCUT2D eigenvalue weighted by Gasteiger charge is -2.37. The summed E-state index contributed by atoms with van der Waals surface area (Å²) in [5, 5.41) is 6.39. The molecule has 0 fully saturated rings. The second kappa shape index (κ2) is 6.22. The van der Waals surface area contributed by atoms with Crippen molar-refractivity contribution in [3.63, 3.8) is 0 Å². The highest BCUT2D eigenvalue weighted by Crippen LogP contribution is 2.40. The Labute approximate surface area is 149 Å². The second-order valence-electron chi connectivity index (χ2n) is 5.73. The minimum absolute atomic E-state index is 0.0745. The van der Waals surface area contributed by atoms with Gasteiger partial charge in [0.25, 0.3) is 5.91 Å². The molecule has 0 spiro atoms. The molecule has 1 unspecified atom stereocenters. The molecule has 2 aromatic carbocycles. The van der Waals surface area contributed by atoms with Crippen molar-refractivity contribution in [2.45, 2.75) is 13.1 Å². The number of nitrogens with zero attached hydrogens (tertiary/aromatic N) is 2. The highest BCUT2D eigenvalue weighted by Gasteiger charge is 2.36. The van der Waals surface area contributed by atoms with E-state index in [1.807, 2.05) is 60.8 Å². The summed E-state index contributed by atoms with van der Waals surface area (Å²) in [7, 11) is 1.61. The van der Waals surface area contributed by atoms with E-state index in [4.69, 9.17) is 4.74 Å². The number of aromatic nitrogens is 1. The molecule has 2 heterocycles. The van der Waals surface area contributed by atoms with E-state index >= 15 is 0 Å². The molecule has 1 aromatic heterocycles. The third-order valence-electron chi connectivity index (χ3n) is 4.19. The van der Waals surface area contributed by atoms with Crippen molar-refractivity contribution >= 4 is 28.6 Å². The predicted octanol–water partition coefficient (Wildman–Crippen LogP) is 4.23. The van der Waals surface area contributed by atoms with Gasteiger partial charge in [-0.05, 0) is 31.2 Å². The molecular weight excluding hydrogens is 334 g/mol. The summed E-state index contributed by atoms with van der Waals surface area (Å²) in [6.45, 7) is 1.96. The number of thiazole rings is 1. The lowest BCUT2D eigenvalue weighted by molar-refractivity contribution is 0.0973. The van der Waals surface area contributed by atoms with E-state index in [1.165, 1.54) is 0 Å². The molecule has 4 rings (SSSR count). The monoisotopic (exact) mass is 351 g/mol. The lowest BCUT2D eigenvalue weighted by atomic mass is 10.1. The number of para-hydroxylation sites is 3. The third kappa shape index (κ3) is 2.64. The quantitative estimate of drug-likeness (QED) is 0.767. The highest BCUT2D eigenvalue weighted by molar-refractivity contribution is 7.09. The first-order chi connectivity index (χ1) is 12.2. The molecule has 3 aromatic rings. The summed E-state index contributed by atoms with van der Waals surface area (Å²) in [4.78, 5) is 19.6. The number of aryl methyl sites for hydroxylation is 1. The van der Waals surface area contributed by atoms with Gasteiger partial charge in [0.2, 0.25) is 0 Å². The Bertz CT molecular complexity index is 938. The van der Waals surface area contributed by atoms with Crippen molar-refractivity contribution in [3.05, 3.63) is 70.2 Å². The molecule has 5 nitrogen and oxygen atoms in total. The number of carbonyl (C=O) groups excluding carboxylic acids is 1. The number of methoxy groups -OCH3 is 1. The van der Waals surface area contributed by atoms with Crippen LogP contribution >= 0.6 is 11.3 Å². The fraction of sp³-hybridized carbons (Fsp3) is 0.158. The van der Waals surface area contributed by atoms with Crippen LogP contribution in [0.3, 0.4) is 0 Å². The smallest absolute Gasteiger partial charge is 0.262 e. The fourth-order valence-electron chi connectivity index (χ4n) is 3.04. The first-order valence-corrected chi connectivity index (χ1v) is 8.81. The molecule has 1 N–H and O–H groups in total. The summed E-state index contributed by atoms with van der Waals surface area (Å²) < 4.78 is 5.48. The molecule has 1 atom stereocenters. The molecule has 0 aliphatic carbocycles. The number of rotatable bonds is 3. The van der Waals surface area contributed by atoms with Crippen LogP contribution in [-0.2, 0) is 0 Å². The van der Waals surface area contributed by atoms with Gasteiger partial charge in [-0.1, -0.05) is 24.3 Å². The van der Waals surface area contributed by atoms with Crippen molar-refractivity contribution in [1.82, 2.24) is 4.98 Å². The normalized spacial score (nSPS) is 16.3. The first kappa shape index (κ1) is 15.7. The maximum atomic E-state index is 13.3. The van der Waals surface area contributed by atoms with Crippen molar-refractivity contribution < 1.29 is 9.53 Å². The number of amides is 1. The molecule has 126 valence electrons. The van der Waals surface area contributed by atoms with E-state index in [9.17, 15) is 4.79 Å². The van der Waals surface area contributed by atoms with Gasteiger partial charge < -0.3 is 10.1 Å². The Kier molecular flexibility index (Phi) is 3.89. The van der Waals surface area contributed by atoms with Gasteiger partial charge in [-0.15, -0.1) is 11.3 Å². The van der Waals surface area contributed by atoms with Gasteiger partial charge in [-0.2, -0.15) is 0 Å². The molecule has 0 radical (unpaired) electrons. The number of fused-ring (bicyclic) bond motifs is 1. The van der Waals surface area contributed by atoms with E-state index in [1.54, 1.807) is 23.3 Å². The number of ether oxygens (including phenoxy) is 1. The molecule has 1 aliphatic heterocycles. The Morgan fingerprint density at radius 1 is 1.16 bits per heavy atom. The average Bonchev–Trinajstić information content (AvgIpc) is 3.08. The zero-order valence-electron chi connectivity index (χ0n) is 13.9. The minimum Gasteiger partial charge on any atom is -0.495 e. The molecule has 0 saturated carbocycles. The van der Waals surface area contributed by atoms with E-state index in [2.05, 4.69) is 10.3 Å². The maximum Gasteiger partial charge on any atom is 0.262 e. The number of hydrogen-bond acceptors (Lipinski definition) is 5. The molecule has 25 heavy (non-hydrogen) atoms. The standard InChI is InChI=1S/C19H17N3O2S/c1-12-20-15(11-25-12)18-21-14-8-4-3-7-13(14)19(23)22(18)16-9-5-6-10-17(16)24-2/h3-11,18,21H,1-2H3. The van der Waals surface area contributed by atoms with E-state index in [0.29, 0.717) is 17.0 Å². The van der Waals surface area contributed by atoms with E-state index in [0.717, 1.165) is 16.4 Å². The molecule has 1 amide bonds. The van der Waals surface area contributed by atoms with Gasteiger partial charge in [0.1, 0.15) is 5.75 Å². The summed E-state index contributed by atoms with van der Waals surface area (Å²) in [5.74, 6) is 0.573. The van der Waals surface area contributed by atoms with Crippen LogP contribution in [0.1, 0.15) is 27.2 Å². The fourth-order valence-corrected chi connectivity index (χ4v) is 3.67. The topological polar surface area (TPSA) is 54.5 Å². The Balaban J connectivity index is 1.89. The van der Waals surface area contributed by atoms with Gasteiger partial charge in [-0.3, -0.25) is 9.69 Å². The van der Waals surface area contributed by atoms with Crippen LogP contribution in [0.2, 0.25) is 0 Å².